The lowest BCUT2D eigenvalue weighted by atomic mass is 10.1. The molecule has 0 heterocycles. The maximum atomic E-state index is 8.98. The second kappa shape index (κ2) is 6.12. The van der Waals surface area contributed by atoms with Crippen LogP contribution in [0.5, 0.6) is 0 Å². The Morgan fingerprint density at radius 2 is 1.59 bits per heavy atom. The molecule has 0 saturated heterocycles. The minimum Gasteiger partial charge on any atom is -0.192 e. The second-order valence-electron chi connectivity index (χ2n) is 3.75. The van der Waals surface area contributed by atoms with E-state index in [2.05, 4.69) is 30.3 Å². The molecule has 0 spiro atoms. The van der Waals surface area contributed by atoms with Crippen LogP contribution in [0.1, 0.15) is 16.7 Å². The van der Waals surface area contributed by atoms with E-state index in [0.29, 0.717) is 0 Å². The van der Waals surface area contributed by atoms with E-state index in [9.17, 15) is 0 Å². The minimum absolute atomic E-state index is 0.785. The molecule has 0 fully saturated rings. The van der Waals surface area contributed by atoms with Gasteiger partial charge in [0.25, 0.3) is 0 Å². The standard InChI is InChI=1S/C15H13NS/c16-10-14-8-4-5-9-15(14)12-17-11-13-6-2-1-3-7-13/h1-9H,11-12H2. The summed E-state index contributed by atoms with van der Waals surface area (Å²) < 4.78 is 0. The van der Waals surface area contributed by atoms with E-state index >= 15 is 0 Å². The molecule has 2 aromatic rings. The van der Waals surface area contributed by atoms with E-state index in [0.717, 1.165) is 22.6 Å². The van der Waals surface area contributed by atoms with Crippen LogP contribution in [0.15, 0.2) is 54.6 Å². The van der Waals surface area contributed by atoms with Crippen molar-refractivity contribution in [2.75, 3.05) is 0 Å². The van der Waals surface area contributed by atoms with Crippen molar-refractivity contribution in [1.29, 1.82) is 5.26 Å². The zero-order valence-electron chi connectivity index (χ0n) is 9.47. The molecule has 2 rings (SSSR count). The molecule has 0 N–H and O–H groups in total. The normalized spacial score (nSPS) is 9.82. The second-order valence-corrected chi connectivity index (χ2v) is 4.73. The Bertz CT molecular complexity index is 514. The van der Waals surface area contributed by atoms with Crippen molar-refractivity contribution < 1.29 is 0 Å². The Balaban J connectivity index is 1.93. The van der Waals surface area contributed by atoms with Gasteiger partial charge in [-0.25, -0.2) is 0 Å². The molecule has 84 valence electrons. The first-order chi connectivity index (χ1) is 8.40. The summed E-state index contributed by atoms with van der Waals surface area (Å²) in [5.74, 6) is 1.87. The van der Waals surface area contributed by atoms with E-state index < -0.39 is 0 Å². The van der Waals surface area contributed by atoms with E-state index in [1.54, 1.807) is 0 Å². The first kappa shape index (κ1) is 11.8. The van der Waals surface area contributed by atoms with Crippen molar-refractivity contribution in [3.8, 4) is 6.07 Å². The number of nitrogens with zero attached hydrogens (tertiary/aromatic N) is 1. The van der Waals surface area contributed by atoms with Crippen LogP contribution in [-0.4, -0.2) is 0 Å². The summed E-state index contributed by atoms with van der Waals surface area (Å²) >= 11 is 1.84. The molecule has 0 unspecified atom stereocenters. The van der Waals surface area contributed by atoms with Gasteiger partial charge in [-0.15, -0.1) is 0 Å². The third-order valence-electron chi connectivity index (χ3n) is 2.51. The lowest BCUT2D eigenvalue weighted by molar-refractivity contribution is 1.33. The van der Waals surface area contributed by atoms with Crippen molar-refractivity contribution in [3.63, 3.8) is 0 Å². The van der Waals surface area contributed by atoms with Crippen LogP contribution < -0.4 is 0 Å². The summed E-state index contributed by atoms with van der Waals surface area (Å²) in [4.78, 5) is 0. The summed E-state index contributed by atoms with van der Waals surface area (Å²) in [6, 6.07) is 20.4. The Morgan fingerprint density at radius 3 is 2.35 bits per heavy atom. The van der Waals surface area contributed by atoms with Crippen molar-refractivity contribution in [2.24, 2.45) is 0 Å². The highest BCUT2D eigenvalue weighted by molar-refractivity contribution is 7.97. The highest BCUT2D eigenvalue weighted by Crippen LogP contribution is 2.19. The molecular weight excluding hydrogens is 226 g/mol. The minimum atomic E-state index is 0.785. The zero-order valence-corrected chi connectivity index (χ0v) is 10.3. The number of nitriles is 1. The molecule has 0 saturated carbocycles. The van der Waals surface area contributed by atoms with Gasteiger partial charge in [0.05, 0.1) is 11.6 Å². The first-order valence-electron chi connectivity index (χ1n) is 5.50. The van der Waals surface area contributed by atoms with Gasteiger partial charge in [-0.1, -0.05) is 48.5 Å². The molecule has 0 bridgehead atoms. The molecule has 0 aromatic heterocycles. The fourth-order valence-electron chi connectivity index (χ4n) is 1.61. The Kier molecular flexibility index (Phi) is 4.23. The van der Waals surface area contributed by atoms with Gasteiger partial charge in [0.15, 0.2) is 0 Å². The zero-order chi connectivity index (χ0) is 11.9. The topological polar surface area (TPSA) is 23.8 Å². The molecule has 0 amide bonds. The monoisotopic (exact) mass is 239 g/mol. The Hall–Kier alpha value is -1.72. The van der Waals surface area contributed by atoms with Crippen LogP contribution in [-0.2, 0) is 11.5 Å². The van der Waals surface area contributed by atoms with Gasteiger partial charge in [0.2, 0.25) is 0 Å². The van der Waals surface area contributed by atoms with Gasteiger partial charge in [-0.2, -0.15) is 17.0 Å². The van der Waals surface area contributed by atoms with Gasteiger partial charge in [-0.05, 0) is 17.2 Å². The average molecular weight is 239 g/mol. The lowest BCUT2D eigenvalue weighted by Crippen LogP contribution is -1.87. The molecule has 2 aromatic carbocycles. The SMILES string of the molecule is N#Cc1ccccc1CSCc1ccccc1. The Morgan fingerprint density at radius 1 is 0.882 bits per heavy atom. The highest BCUT2D eigenvalue weighted by atomic mass is 32.2. The van der Waals surface area contributed by atoms with Crippen molar-refractivity contribution in [1.82, 2.24) is 0 Å². The van der Waals surface area contributed by atoms with E-state index in [4.69, 9.17) is 5.26 Å². The summed E-state index contributed by atoms with van der Waals surface area (Å²) in [6.07, 6.45) is 0. The van der Waals surface area contributed by atoms with Crippen LogP contribution in [0.3, 0.4) is 0 Å². The fraction of sp³-hybridized carbons (Fsp3) is 0.133. The van der Waals surface area contributed by atoms with Gasteiger partial charge in [0, 0.05) is 11.5 Å². The van der Waals surface area contributed by atoms with Crippen molar-refractivity contribution in [3.05, 3.63) is 71.3 Å². The molecule has 0 aliphatic rings. The maximum absolute atomic E-state index is 8.98. The Labute approximate surface area is 106 Å². The van der Waals surface area contributed by atoms with Gasteiger partial charge in [0.1, 0.15) is 0 Å². The number of rotatable bonds is 4. The molecule has 0 radical (unpaired) electrons. The summed E-state index contributed by atoms with van der Waals surface area (Å²) in [5.41, 5.74) is 3.23. The number of benzene rings is 2. The van der Waals surface area contributed by atoms with Gasteiger partial charge < -0.3 is 0 Å². The molecule has 0 aliphatic heterocycles. The van der Waals surface area contributed by atoms with Gasteiger partial charge >= 0.3 is 0 Å². The van der Waals surface area contributed by atoms with Crippen LogP contribution in [0.2, 0.25) is 0 Å². The average Bonchev–Trinajstić information content (AvgIpc) is 2.40. The van der Waals surface area contributed by atoms with E-state index in [1.807, 2.05) is 42.1 Å². The van der Waals surface area contributed by atoms with E-state index in [1.165, 1.54) is 5.56 Å². The quantitative estimate of drug-likeness (QED) is 0.805. The maximum Gasteiger partial charge on any atom is 0.0994 e. The number of thioether (sulfide) groups is 1. The molecule has 1 nitrogen and oxygen atoms in total. The lowest BCUT2D eigenvalue weighted by Gasteiger charge is -2.04. The molecule has 2 heteroatoms. The molecule has 0 aliphatic carbocycles. The molecular formula is C15H13NS. The van der Waals surface area contributed by atoms with Crippen LogP contribution in [0, 0.1) is 11.3 Å². The van der Waals surface area contributed by atoms with Crippen molar-refractivity contribution >= 4 is 11.8 Å². The molecule has 17 heavy (non-hydrogen) atoms. The predicted molar refractivity (Wildman–Crippen MR) is 72.6 cm³/mol. The van der Waals surface area contributed by atoms with Crippen LogP contribution >= 0.6 is 11.8 Å². The van der Waals surface area contributed by atoms with Crippen LogP contribution in [0.25, 0.3) is 0 Å². The first-order valence-corrected chi connectivity index (χ1v) is 6.65. The van der Waals surface area contributed by atoms with Crippen LogP contribution in [0.4, 0.5) is 0 Å². The highest BCUT2D eigenvalue weighted by Gasteiger charge is 2.00. The largest absolute Gasteiger partial charge is 0.192 e. The predicted octanol–water partition coefficient (Wildman–Crippen LogP) is 3.99. The molecule has 0 atom stereocenters. The van der Waals surface area contributed by atoms with Crippen molar-refractivity contribution in [2.45, 2.75) is 11.5 Å². The number of hydrogen-bond acceptors (Lipinski definition) is 2. The third kappa shape index (κ3) is 3.37. The summed E-state index contributed by atoms with van der Waals surface area (Å²) in [5, 5.41) is 8.98. The fourth-order valence-corrected chi connectivity index (χ4v) is 2.61. The number of hydrogen-bond donors (Lipinski definition) is 0. The summed E-state index contributed by atoms with van der Waals surface area (Å²) in [7, 11) is 0. The third-order valence-corrected chi connectivity index (χ3v) is 3.56. The summed E-state index contributed by atoms with van der Waals surface area (Å²) in [6.45, 7) is 0. The van der Waals surface area contributed by atoms with E-state index in [-0.39, 0.29) is 0 Å². The smallest absolute Gasteiger partial charge is 0.0994 e. The van der Waals surface area contributed by atoms with Gasteiger partial charge in [-0.3, -0.25) is 0 Å².